The van der Waals surface area contributed by atoms with Crippen molar-refractivity contribution >= 4 is 38.8 Å². The highest BCUT2D eigenvalue weighted by molar-refractivity contribution is 7.92. The van der Waals surface area contributed by atoms with Crippen LogP contribution >= 0.6 is 11.3 Å². The van der Waals surface area contributed by atoms with Crippen molar-refractivity contribution in [2.75, 3.05) is 17.6 Å². The van der Waals surface area contributed by atoms with Gasteiger partial charge in [-0.3, -0.25) is 10.0 Å². The molecule has 1 fully saturated rings. The highest BCUT2D eigenvalue weighted by Crippen LogP contribution is 2.47. The molecule has 2 aromatic rings. The lowest BCUT2D eigenvalue weighted by Crippen LogP contribution is -2.43. The number of rotatable bonds is 7. The minimum Gasteiger partial charge on any atom is -0.338 e. The first-order valence-corrected chi connectivity index (χ1v) is 12.7. The number of sulfone groups is 1. The number of nitrogens with one attached hydrogen (secondary N) is 3. The van der Waals surface area contributed by atoms with Gasteiger partial charge in [0.25, 0.3) is 0 Å². The number of hydroxylamine groups is 1. The zero-order valence-corrected chi connectivity index (χ0v) is 18.9. The molecule has 1 aliphatic heterocycles. The van der Waals surface area contributed by atoms with Crippen LogP contribution in [-0.2, 0) is 19.4 Å². The number of thiophene rings is 1. The van der Waals surface area contributed by atoms with Crippen molar-refractivity contribution in [3.05, 3.63) is 41.3 Å². The van der Waals surface area contributed by atoms with Crippen molar-refractivity contribution in [3.63, 3.8) is 0 Å². The molecule has 3 rings (SSSR count). The van der Waals surface area contributed by atoms with Crippen LogP contribution in [0.1, 0.15) is 43.9 Å². The Balaban J connectivity index is 1.91. The van der Waals surface area contributed by atoms with E-state index in [9.17, 15) is 18.0 Å². The highest BCUT2D eigenvalue weighted by atomic mass is 32.2. The number of anilines is 1. The first-order valence-electron chi connectivity index (χ1n) is 10.2. The summed E-state index contributed by atoms with van der Waals surface area (Å²) >= 11 is 1.32. The molecule has 3 amide bonds. The summed E-state index contributed by atoms with van der Waals surface area (Å²) in [5, 5.41) is 14.5. The Kier molecular flexibility index (Phi) is 7.34. The molecule has 0 saturated carbocycles. The summed E-state index contributed by atoms with van der Waals surface area (Å²) in [6, 6.07) is 10.6. The number of carbonyl (C=O) groups is 2. The second-order valence-corrected chi connectivity index (χ2v) is 11.1. The Morgan fingerprint density at radius 3 is 2.71 bits per heavy atom. The van der Waals surface area contributed by atoms with Gasteiger partial charge in [-0.1, -0.05) is 25.5 Å². The lowest BCUT2D eigenvalue weighted by Gasteiger charge is -2.35. The van der Waals surface area contributed by atoms with Crippen LogP contribution in [0.25, 0.3) is 10.4 Å². The summed E-state index contributed by atoms with van der Waals surface area (Å²) in [5.41, 5.74) is 3.04. The third-order valence-corrected chi connectivity index (χ3v) is 9.46. The Morgan fingerprint density at radius 1 is 1.19 bits per heavy atom. The van der Waals surface area contributed by atoms with Gasteiger partial charge in [0, 0.05) is 22.0 Å². The van der Waals surface area contributed by atoms with E-state index < -0.39 is 20.5 Å². The average molecular weight is 466 g/mol. The zero-order chi connectivity index (χ0) is 22.5. The molecule has 0 unspecified atom stereocenters. The second kappa shape index (κ2) is 9.80. The highest BCUT2D eigenvalue weighted by Gasteiger charge is 2.49. The fourth-order valence-electron chi connectivity index (χ4n) is 3.82. The number of urea groups is 1. The molecule has 4 N–H and O–H groups in total. The summed E-state index contributed by atoms with van der Waals surface area (Å²) in [4.78, 5) is 25.3. The predicted octanol–water partition coefficient (Wildman–Crippen LogP) is 3.64. The van der Waals surface area contributed by atoms with Gasteiger partial charge >= 0.3 is 6.03 Å². The van der Waals surface area contributed by atoms with Gasteiger partial charge in [-0.15, -0.1) is 11.3 Å². The third kappa shape index (κ3) is 5.08. The number of hydrogen-bond donors (Lipinski definition) is 4. The number of carbonyl (C=O) groups excluding carboxylic acids is 2. The SMILES string of the molecule is CCCNC(=O)Nc1cccc(-c2ccc([C@@]3(CC(=O)NO)CCCCS3(=O)=O)s2)c1. The molecule has 1 saturated heterocycles. The van der Waals surface area contributed by atoms with Gasteiger partial charge in [-0.2, -0.15) is 0 Å². The Labute approximate surface area is 185 Å². The second-order valence-electron chi connectivity index (χ2n) is 7.61. The van der Waals surface area contributed by atoms with Crippen LogP contribution < -0.4 is 16.1 Å². The topological polar surface area (TPSA) is 125 Å². The van der Waals surface area contributed by atoms with Crippen molar-refractivity contribution in [3.8, 4) is 10.4 Å². The quantitative estimate of drug-likeness (QED) is 0.367. The molecule has 1 aromatic carbocycles. The average Bonchev–Trinajstić information content (AvgIpc) is 3.24. The Morgan fingerprint density at radius 2 is 2.00 bits per heavy atom. The summed E-state index contributed by atoms with van der Waals surface area (Å²) in [6.45, 7) is 2.55. The number of hydrogen-bond acceptors (Lipinski definition) is 6. The van der Waals surface area contributed by atoms with Gasteiger partial charge < -0.3 is 10.6 Å². The van der Waals surface area contributed by atoms with Gasteiger partial charge in [0.2, 0.25) is 5.91 Å². The van der Waals surface area contributed by atoms with E-state index in [0.717, 1.165) is 16.9 Å². The minimum atomic E-state index is -3.57. The van der Waals surface area contributed by atoms with Crippen molar-refractivity contribution in [1.82, 2.24) is 10.8 Å². The van der Waals surface area contributed by atoms with Gasteiger partial charge in [0.15, 0.2) is 9.84 Å². The van der Waals surface area contributed by atoms with Crippen molar-refractivity contribution < 1.29 is 23.2 Å². The fourth-order valence-corrected chi connectivity index (χ4v) is 7.59. The van der Waals surface area contributed by atoms with E-state index in [-0.39, 0.29) is 18.2 Å². The van der Waals surface area contributed by atoms with Crippen LogP contribution in [0.3, 0.4) is 0 Å². The maximum Gasteiger partial charge on any atom is 0.319 e. The summed E-state index contributed by atoms with van der Waals surface area (Å²) in [5.74, 6) is -0.699. The molecule has 1 aliphatic rings. The molecule has 0 spiro atoms. The number of benzene rings is 1. The summed E-state index contributed by atoms with van der Waals surface area (Å²) in [6.07, 6.45) is 2.12. The van der Waals surface area contributed by atoms with E-state index in [0.29, 0.717) is 36.4 Å². The smallest absolute Gasteiger partial charge is 0.319 e. The van der Waals surface area contributed by atoms with E-state index in [1.807, 2.05) is 31.2 Å². The lowest BCUT2D eigenvalue weighted by atomic mass is 9.94. The van der Waals surface area contributed by atoms with Crippen LogP contribution in [-0.4, -0.2) is 37.9 Å². The lowest BCUT2D eigenvalue weighted by molar-refractivity contribution is -0.130. The first kappa shape index (κ1) is 23.2. The van der Waals surface area contributed by atoms with E-state index in [1.54, 1.807) is 17.6 Å². The molecular formula is C21H27N3O5S2. The largest absolute Gasteiger partial charge is 0.338 e. The van der Waals surface area contributed by atoms with Crippen molar-refractivity contribution in [2.45, 2.75) is 43.8 Å². The van der Waals surface area contributed by atoms with Crippen LogP contribution in [0.5, 0.6) is 0 Å². The van der Waals surface area contributed by atoms with E-state index >= 15 is 0 Å². The minimum absolute atomic E-state index is 0.0191. The van der Waals surface area contributed by atoms with Crippen molar-refractivity contribution in [1.29, 1.82) is 0 Å². The Bertz CT molecular complexity index is 1050. The van der Waals surface area contributed by atoms with E-state index in [1.165, 1.54) is 11.3 Å². The van der Waals surface area contributed by atoms with Crippen LogP contribution in [0.15, 0.2) is 36.4 Å². The molecule has 0 aliphatic carbocycles. The van der Waals surface area contributed by atoms with Crippen LogP contribution in [0, 0.1) is 0 Å². The van der Waals surface area contributed by atoms with Gasteiger partial charge in [-0.05, 0) is 49.1 Å². The molecule has 31 heavy (non-hydrogen) atoms. The normalized spacial score (nSPS) is 20.1. The van der Waals surface area contributed by atoms with Crippen LogP contribution in [0.4, 0.5) is 10.5 Å². The van der Waals surface area contributed by atoms with Gasteiger partial charge in [0.05, 0.1) is 12.2 Å². The van der Waals surface area contributed by atoms with E-state index in [2.05, 4.69) is 10.6 Å². The monoisotopic (exact) mass is 465 g/mol. The molecule has 0 bridgehead atoms. The molecule has 10 heteroatoms. The maximum atomic E-state index is 13.1. The molecule has 0 radical (unpaired) electrons. The van der Waals surface area contributed by atoms with E-state index in [4.69, 9.17) is 5.21 Å². The van der Waals surface area contributed by atoms with Crippen LogP contribution in [0.2, 0.25) is 0 Å². The summed E-state index contributed by atoms with van der Waals surface area (Å²) in [7, 11) is -3.57. The fraction of sp³-hybridized carbons (Fsp3) is 0.429. The predicted molar refractivity (Wildman–Crippen MR) is 121 cm³/mol. The molecule has 8 nitrogen and oxygen atoms in total. The molecule has 2 heterocycles. The first-order chi connectivity index (χ1) is 14.8. The Hall–Kier alpha value is -2.43. The zero-order valence-electron chi connectivity index (χ0n) is 17.3. The summed E-state index contributed by atoms with van der Waals surface area (Å²) < 4.78 is 24.8. The maximum absolute atomic E-state index is 13.1. The van der Waals surface area contributed by atoms with Gasteiger partial charge in [-0.25, -0.2) is 18.7 Å². The number of amides is 3. The molecular weight excluding hydrogens is 438 g/mol. The van der Waals surface area contributed by atoms with Crippen molar-refractivity contribution in [2.24, 2.45) is 0 Å². The standard InChI is InChI=1S/C21H27N3O5S2/c1-2-11-22-20(26)23-16-7-5-6-15(13-16)17-8-9-18(30-17)21(14-19(25)24-27)10-3-4-12-31(21,28)29/h5-9,13,27H,2-4,10-12,14H2,1H3,(H,24,25)(H2,22,23,26)/t21-/m0/s1. The molecule has 1 atom stereocenters. The van der Waals surface area contributed by atoms with Gasteiger partial charge in [0.1, 0.15) is 4.75 Å². The molecule has 1 aromatic heterocycles. The molecule has 168 valence electrons. The third-order valence-electron chi connectivity index (χ3n) is 5.41.